The van der Waals surface area contributed by atoms with E-state index < -0.39 is 0 Å². The molecule has 0 saturated carbocycles. The van der Waals surface area contributed by atoms with Gasteiger partial charge in [0.25, 0.3) is 5.95 Å². The van der Waals surface area contributed by atoms with E-state index in [1.165, 1.54) is 11.6 Å². The number of hydrogen-bond acceptors (Lipinski definition) is 5. The van der Waals surface area contributed by atoms with E-state index in [9.17, 15) is 4.79 Å². The van der Waals surface area contributed by atoms with Gasteiger partial charge >= 0.3 is 0 Å². The van der Waals surface area contributed by atoms with E-state index in [4.69, 9.17) is 0 Å². The number of amides is 1. The lowest BCUT2D eigenvalue weighted by Crippen LogP contribution is -2.22. The first-order valence-corrected chi connectivity index (χ1v) is 6.60. The summed E-state index contributed by atoms with van der Waals surface area (Å²) >= 11 is 3.36. The van der Waals surface area contributed by atoms with Crippen LogP contribution in [0.1, 0.15) is 18.3 Å². The molecule has 0 saturated heterocycles. The molecule has 0 spiro atoms. The smallest absolute Gasteiger partial charge is 0.264 e. The van der Waals surface area contributed by atoms with E-state index >= 15 is 0 Å². The summed E-state index contributed by atoms with van der Waals surface area (Å²) in [6.45, 7) is 3.14. The van der Waals surface area contributed by atoms with Gasteiger partial charge in [-0.25, -0.2) is 10.1 Å². The Hall–Kier alpha value is -2.22. The van der Waals surface area contributed by atoms with Gasteiger partial charge in [0.15, 0.2) is 5.82 Å². The number of rotatable bonds is 4. The van der Waals surface area contributed by atoms with Crippen molar-refractivity contribution >= 4 is 34.0 Å². The van der Waals surface area contributed by atoms with Crippen molar-refractivity contribution in [3.8, 4) is 0 Å². The second-order valence-electron chi connectivity index (χ2n) is 4.00. The summed E-state index contributed by atoms with van der Waals surface area (Å²) in [4.78, 5) is 11.1. The maximum Gasteiger partial charge on any atom is 0.264 e. The molecule has 2 N–H and O–H groups in total. The van der Waals surface area contributed by atoms with Gasteiger partial charge in [-0.05, 0) is 24.6 Å². The van der Waals surface area contributed by atoms with Gasteiger partial charge in [0, 0.05) is 11.4 Å². The standard InChI is InChI=1S/C12H13BrN6O/c1-8-15-17-12(19(8)18-9(2)20)16-14-7-10-3-5-11(13)6-4-10/h3-7H,1-2H3,(H,16,17)(H,18,20)/b14-7+. The maximum atomic E-state index is 11.1. The molecule has 1 amide bonds. The predicted octanol–water partition coefficient (Wildman–Crippen LogP) is 1.89. The molecule has 0 bridgehead atoms. The van der Waals surface area contributed by atoms with Crippen LogP contribution < -0.4 is 10.9 Å². The molecule has 7 nitrogen and oxygen atoms in total. The Bertz CT molecular complexity index is 634. The number of aromatic nitrogens is 3. The number of nitrogens with zero attached hydrogens (tertiary/aromatic N) is 4. The normalized spacial score (nSPS) is 10.8. The molecule has 8 heteroatoms. The van der Waals surface area contributed by atoms with Crippen LogP contribution in [0.3, 0.4) is 0 Å². The van der Waals surface area contributed by atoms with Crippen molar-refractivity contribution in [2.75, 3.05) is 10.9 Å². The second-order valence-corrected chi connectivity index (χ2v) is 4.91. The molecule has 2 rings (SSSR count). The molecule has 20 heavy (non-hydrogen) atoms. The van der Waals surface area contributed by atoms with Gasteiger partial charge in [0.2, 0.25) is 5.91 Å². The molecule has 0 radical (unpaired) electrons. The van der Waals surface area contributed by atoms with Gasteiger partial charge in [0.05, 0.1) is 6.21 Å². The minimum atomic E-state index is -0.215. The number of nitrogens with one attached hydrogen (secondary N) is 2. The highest BCUT2D eigenvalue weighted by atomic mass is 79.9. The van der Waals surface area contributed by atoms with Crippen molar-refractivity contribution in [3.63, 3.8) is 0 Å². The monoisotopic (exact) mass is 336 g/mol. The Kier molecular flexibility index (Phi) is 4.46. The van der Waals surface area contributed by atoms with Crippen LogP contribution >= 0.6 is 15.9 Å². The topological polar surface area (TPSA) is 84.2 Å². The molecule has 104 valence electrons. The second kappa shape index (κ2) is 6.29. The van der Waals surface area contributed by atoms with Crippen LogP contribution in [0.2, 0.25) is 0 Å². The fourth-order valence-electron chi connectivity index (χ4n) is 1.44. The van der Waals surface area contributed by atoms with Crippen LogP contribution in [-0.4, -0.2) is 27.0 Å². The maximum absolute atomic E-state index is 11.1. The molecule has 0 unspecified atom stereocenters. The Morgan fingerprint density at radius 2 is 2.05 bits per heavy atom. The van der Waals surface area contributed by atoms with Crippen molar-refractivity contribution in [1.82, 2.24) is 14.9 Å². The van der Waals surface area contributed by atoms with Crippen LogP contribution in [0.4, 0.5) is 5.95 Å². The molecule has 0 fully saturated rings. The zero-order valence-electron chi connectivity index (χ0n) is 11.0. The van der Waals surface area contributed by atoms with E-state index in [0.717, 1.165) is 10.0 Å². The summed E-state index contributed by atoms with van der Waals surface area (Å²) in [5.41, 5.74) is 6.26. The summed E-state index contributed by atoms with van der Waals surface area (Å²) in [7, 11) is 0. The Morgan fingerprint density at radius 1 is 1.35 bits per heavy atom. The first-order valence-electron chi connectivity index (χ1n) is 5.80. The SMILES string of the molecule is CC(=O)Nn1c(C)nnc1N/N=C/c1ccc(Br)cc1. The summed E-state index contributed by atoms with van der Waals surface area (Å²) in [5.74, 6) is 0.681. The average Bonchev–Trinajstić information content (AvgIpc) is 2.73. The van der Waals surface area contributed by atoms with Crippen LogP contribution in [0.25, 0.3) is 0 Å². The largest absolute Gasteiger partial charge is 0.274 e. The molecule has 0 aliphatic carbocycles. The first kappa shape index (κ1) is 14.2. The zero-order valence-corrected chi connectivity index (χ0v) is 12.5. The van der Waals surface area contributed by atoms with Crippen LogP contribution in [0.15, 0.2) is 33.8 Å². The van der Waals surface area contributed by atoms with Crippen molar-refractivity contribution in [2.45, 2.75) is 13.8 Å². The van der Waals surface area contributed by atoms with E-state index in [1.807, 2.05) is 24.3 Å². The predicted molar refractivity (Wildman–Crippen MR) is 80.2 cm³/mol. The van der Waals surface area contributed by atoms with Gasteiger partial charge in [-0.15, -0.1) is 10.2 Å². The van der Waals surface area contributed by atoms with Crippen LogP contribution in [0, 0.1) is 6.92 Å². The average molecular weight is 337 g/mol. The number of hydrazone groups is 1. The number of halogens is 1. The van der Waals surface area contributed by atoms with Crippen molar-refractivity contribution in [1.29, 1.82) is 0 Å². The van der Waals surface area contributed by atoms with Gasteiger partial charge in [0.1, 0.15) is 0 Å². The van der Waals surface area contributed by atoms with Crippen LogP contribution in [0.5, 0.6) is 0 Å². The highest BCUT2D eigenvalue weighted by Crippen LogP contribution is 2.09. The van der Waals surface area contributed by atoms with Gasteiger partial charge in [-0.1, -0.05) is 28.1 Å². The number of hydrogen-bond donors (Lipinski definition) is 2. The lowest BCUT2D eigenvalue weighted by Gasteiger charge is -2.06. The fourth-order valence-corrected chi connectivity index (χ4v) is 1.70. The number of anilines is 1. The summed E-state index contributed by atoms with van der Waals surface area (Å²) in [6, 6.07) is 7.68. The Balaban J connectivity index is 2.07. The zero-order chi connectivity index (χ0) is 14.5. The number of benzene rings is 1. The van der Waals surface area contributed by atoms with Crippen molar-refractivity contribution in [3.05, 3.63) is 40.1 Å². The third-order valence-electron chi connectivity index (χ3n) is 2.34. The highest BCUT2D eigenvalue weighted by Gasteiger charge is 2.08. The number of carbonyl (C=O) groups is 1. The van der Waals surface area contributed by atoms with Crippen molar-refractivity contribution in [2.24, 2.45) is 5.10 Å². The van der Waals surface area contributed by atoms with E-state index in [2.05, 4.69) is 42.1 Å². The van der Waals surface area contributed by atoms with Gasteiger partial charge in [-0.3, -0.25) is 10.2 Å². The third-order valence-corrected chi connectivity index (χ3v) is 2.87. The molecule has 0 aliphatic heterocycles. The lowest BCUT2D eigenvalue weighted by molar-refractivity contribution is -0.115. The van der Waals surface area contributed by atoms with E-state index in [-0.39, 0.29) is 5.91 Å². The van der Waals surface area contributed by atoms with Crippen molar-refractivity contribution < 1.29 is 4.79 Å². The molecule has 1 heterocycles. The Labute approximate surface area is 124 Å². The third kappa shape index (κ3) is 3.64. The number of aryl methyl sites for hydroxylation is 1. The Morgan fingerprint density at radius 3 is 2.70 bits per heavy atom. The minimum absolute atomic E-state index is 0.215. The quantitative estimate of drug-likeness (QED) is 0.659. The minimum Gasteiger partial charge on any atom is -0.274 e. The molecular formula is C12H13BrN6O. The van der Waals surface area contributed by atoms with Gasteiger partial charge in [-0.2, -0.15) is 5.10 Å². The highest BCUT2D eigenvalue weighted by molar-refractivity contribution is 9.10. The fraction of sp³-hybridized carbons (Fsp3) is 0.167. The molecule has 1 aromatic heterocycles. The van der Waals surface area contributed by atoms with E-state index in [0.29, 0.717) is 11.8 Å². The molecule has 0 aliphatic rings. The van der Waals surface area contributed by atoms with Gasteiger partial charge < -0.3 is 0 Å². The molecule has 1 aromatic carbocycles. The first-order chi connectivity index (χ1) is 9.56. The number of carbonyl (C=O) groups excluding carboxylic acids is 1. The summed E-state index contributed by atoms with van der Waals surface area (Å²) in [6.07, 6.45) is 1.65. The molecule has 0 atom stereocenters. The van der Waals surface area contributed by atoms with E-state index in [1.54, 1.807) is 13.1 Å². The van der Waals surface area contributed by atoms with Crippen LogP contribution in [-0.2, 0) is 4.79 Å². The summed E-state index contributed by atoms with van der Waals surface area (Å²) < 4.78 is 2.44. The lowest BCUT2D eigenvalue weighted by atomic mass is 10.2. The summed E-state index contributed by atoms with van der Waals surface area (Å²) in [5, 5.41) is 11.8. The molecular weight excluding hydrogens is 324 g/mol. The molecule has 2 aromatic rings.